The number of aromatic amines is 1. The van der Waals surface area contributed by atoms with Crippen LogP contribution in [0.5, 0.6) is 0 Å². The van der Waals surface area contributed by atoms with Gasteiger partial charge in [-0.05, 0) is 0 Å². The highest BCUT2D eigenvalue weighted by molar-refractivity contribution is 5.92. The number of carbonyl (C=O) groups is 1. The van der Waals surface area contributed by atoms with Crippen molar-refractivity contribution in [3.05, 3.63) is 34.9 Å². The first-order valence-electron chi connectivity index (χ1n) is 3.14. The fourth-order valence-electron chi connectivity index (χ4n) is 0.886. The molecule has 0 radical (unpaired) electrons. The van der Waals surface area contributed by atoms with Crippen LogP contribution in [0, 0.1) is 10.8 Å². The molecule has 0 bridgehead atoms. The standard InChI is InChI=1S/C7H6N2O2/c8-7(10)4-3-9-2-1-5-6(4)11-5/h1-3,9H,(H2,8,10). The van der Waals surface area contributed by atoms with Gasteiger partial charge in [0.05, 0.1) is 0 Å². The van der Waals surface area contributed by atoms with E-state index < -0.39 is 5.91 Å². The molecule has 3 N–H and O–H groups in total. The molecule has 56 valence electrons. The lowest BCUT2D eigenvalue weighted by Gasteiger charge is -1.83. The van der Waals surface area contributed by atoms with Gasteiger partial charge >= 0.3 is 0 Å². The van der Waals surface area contributed by atoms with Gasteiger partial charge in [-0.2, -0.15) is 0 Å². The molecule has 0 aromatic carbocycles. The van der Waals surface area contributed by atoms with Crippen molar-refractivity contribution in [3.63, 3.8) is 0 Å². The molecule has 0 unspecified atom stereocenters. The maximum absolute atomic E-state index is 10.7. The van der Waals surface area contributed by atoms with E-state index in [1.165, 1.54) is 6.20 Å². The van der Waals surface area contributed by atoms with Crippen LogP contribution < -0.4 is 5.73 Å². The Morgan fingerprint density at radius 3 is 3.18 bits per heavy atom. The van der Waals surface area contributed by atoms with E-state index in [0.29, 0.717) is 16.4 Å². The van der Waals surface area contributed by atoms with Gasteiger partial charge in [-0.1, -0.05) is 0 Å². The molecule has 0 fully saturated rings. The van der Waals surface area contributed by atoms with Crippen LogP contribution >= 0.6 is 0 Å². The van der Waals surface area contributed by atoms with E-state index in [9.17, 15) is 4.79 Å². The maximum Gasteiger partial charge on any atom is 0.254 e. The first kappa shape index (κ1) is 6.03. The van der Waals surface area contributed by atoms with Crippen LogP contribution in [-0.2, 0) is 0 Å². The Morgan fingerprint density at radius 1 is 1.64 bits per heavy atom. The minimum absolute atomic E-state index is 0.394. The van der Waals surface area contributed by atoms with Gasteiger partial charge in [0.1, 0.15) is 5.56 Å². The van der Waals surface area contributed by atoms with Crippen molar-refractivity contribution in [2.75, 3.05) is 0 Å². The monoisotopic (exact) mass is 150 g/mol. The molecule has 1 amide bonds. The van der Waals surface area contributed by atoms with Gasteiger partial charge in [0.2, 0.25) is 0 Å². The molecule has 0 aromatic rings. The number of primary amides is 1. The van der Waals surface area contributed by atoms with E-state index in [-0.39, 0.29) is 0 Å². The van der Waals surface area contributed by atoms with Crippen molar-refractivity contribution in [2.24, 2.45) is 5.73 Å². The first-order valence-corrected chi connectivity index (χ1v) is 3.14. The molecule has 0 aromatic heterocycles. The molecule has 2 aliphatic rings. The predicted molar refractivity (Wildman–Crippen MR) is 36.9 cm³/mol. The third-order valence-electron chi connectivity index (χ3n) is 1.46. The van der Waals surface area contributed by atoms with Gasteiger partial charge in [-0.25, -0.2) is 0 Å². The number of amides is 1. The summed E-state index contributed by atoms with van der Waals surface area (Å²) < 4.78 is 4.97. The summed E-state index contributed by atoms with van der Waals surface area (Å²) in [6, 6.07) is 1.74. The average molecular weight is 150 g/mol. The Labute approximate surface area is 61.6 Å². The highest BCUT2D eigenvalue weighted by atomic mass is 16.4. The molecular formula is C7H6N2O2. The highest BCUT2D eigenvalue weighted by Crippen LogP contribution is 2.09. The first-order chi connectivity index (χ1) is 5.29. The lowest BCUT2D eigenvalue weighted by atomic mass is 10.3. The number of nitrogens with one attached hydrogen (secondary N) is 1. The van der Waals surface area contributed by atoms with Crippen LogP contribution in [0.25, 0.3) is 0 Å². The van der Waals surface area contributed by atoms with E-state index in [1.807, 2.05) is 0 Å². The van der Waals surface area contributed by atoms with Gasteiger partial charge in [-0.15, -0.1) is 0 Å². The van der Waals surface area contributed by atoms with Crippen molar-refractivity contribution >= 4 is 5.91 Å². The molecule has 0 atom stereocenters. The van der Waals surface area contributed by atoms with Gasteiger partial charge in [0.25, 0.3) is 5.91 Å². The van der Waals surface area contributed by atoms with Crippen molar-refractivity contribution in [1.29, 1.82) is 0 Å². The Morgan fingerprint density at radius 2 is 2.45 bits per heavy atom. The minimum atomic E-state index is -0.480. The van der Waals surface area contributed by atoms with Gasteiger partial charge in [0.15, 0.2) is 10.8 Å². The molecule has 0 saturated carbocycles. The van der Waals surface area contributed by atoms with Crippen LogP contribution in [0.3, 0.4) is 0 Å². The van der Waals surface area contributed by atoms with E-state index in [1.54, 1.807) is 12.3 Å². The second-order valence-corrected chi connectivity index (χ2v) is 2.22. The normalized spacial score (nSPS) is 10.5. The molecular weight excluding hydrogens is 144 g/mol. The Hall–Kier alpha value is -1.71. The summed E-state index contributed by atoms with van der Waals surface area (Å²) >= 11 is 0. The number of aromatic nitrogens is 1. The third kappa shape index (κ3) is 0.881. The summed E-state index contributed by atoms with van der Waals surface area (Å²) in [5.74, 6) is -0.480. The molecule has 2 aliphatic heterocycles. The van der Waals surface area contributed by atoms with E-state index in [0.717, 1.165) is 0 Å². The molecule has 4 heteroatoms. The zero-order valence-electron chi connectivity index (χ0n) is 5.63. The van der Waals surface area contributed by atoms with Crippen LogP contribution in [0.4, 0.5) is 0 Å². The summed E-state index contributed by atoms with van der Waals surface area (Å²) in [7, 11) is 0. The molecule has 2 rings (SSSR count). The number of carbonyl (C=O) groups excluding carboxylic acids is 1. The van der Waals surface area contributed by atoms with Gasteiger partial charge < -0.3 is 15.1 Å². The van der Waals surface area contributed by atoms with Crippen LogP contribution in [0.2, 0.25) is 0 Å². The largest absolute Gasteiger partial charge is 0.449 e. The second-order valence-electron chi connectivity index (χ2n) is 2.22. The average Bonchev–Trinajstić information content (AvgIpc) is 2.60. The van der Waals surface area contributed by atoms with E-state index >= 15 is 0 Å². The topological polar surface area (TPSA) is 72.0 Å². The van der Waals surface area contributed by atoms with Gasteiger partial charge in [0, 0.05) is 18.5 Å². The third-order valence-corrected chi connectivity index (χ3v) is 1.46. The zero-order chi connectivity index (χ0) is 7.84. The summed E-state index contributed by atoms with van der Waals surface area (Å²) in [6.45, 7) is 0. The Bertz CT molecular complexity index is 439. The van der Waals surface area contributed by atoms with Crippen molar-refractivity contribution in [3.8, 4) is 0 Å². The van der Waals surface area contributed by atoms with Crippen LogP contribution in [0.1, 0.15) is 10.4 Å². The van der Waals surface area contributed by atoms with Crippen molar-refractivity contribution in [1.82, 2.24) is 4.98 Å². The smallest absolute Gasteiger partial charge is 0.254 e. The minimum Gasteiger partial charge on any atom is -0.449 e. The molecule has 11 heavy (non-hydrogen) atoms. The summed E-state index contributed by atoms with van der Waals surface area (Å²) in [5.41, 5.74) is 6.75. The summed E-state index contributed by atoms with van der Waals surface area (Å²) in [5, 5.41) is 0. The van der Waals surface area contributed by atoms with Crippen molar-refractivity contribution < 1.29 is 9.21 Å². The number of rotatable bonds is 1. The lowest BCUT2D eigenvalue weighted by Crippen LogP contribution is -2.10. The molecule has 0 spiro atoms. The maximum atomic E-state index is 10.7. The predicted octanol–water partition coefficient (Wildman–Crippen LogP) is 0.431. The van der Waals surface area contributed by atoms with E-state index in [2.05, 4.69) is 4.98 Å². The summed E-state index contributed by atoms with van der Waals surface area (Å²) in [6.07, 6.45) is 3.20. The SMILES string of the molecule is NC(=O)c1c[nH]ccc2oc1=2. The molecule has 0 aliphatic carbocycles. The van der Waals surface area contributed by atoms with Gasteiger partial charge in [-0.3, -0.25) is 4.79 Å². The zero-order valence-corrected chi connectivity index (χ0v) is 5.63. The Balaban J connectivity index is 2.76. The second kappa shape index (κ2) is 1.88. The summed E-state index contributed by atoms with van der Waals surface area (Å²) in [4.78, 5) is 13.5. The number of H-pyrrole nitrogens is 1. The Kier molecular flexibility index (Phi) is 1.03. The molecule has 4 nitrogen and oxygen atoms in total. The number of hydrogen-bond acceptors (Lipinski definition) is 2. The fraction of sp³-hybridized carbons (Fsp3) is 0. The van der Waals surface area contributed by atoms with E-state index in [4.69, 9.17) is 10.2 Å². The number of hydrogen-bond donors (Lipinski definition) is 2. The fourth-order valence-corrected chi connectivity index (χ4v) is 0.886. The van der Waals surface area contributed by atoms with Crippen molar-refractivity contribution in [2.45, 2.75) is 0 Å². The molecule has 0 saturated heterocycles. The lowest BCUT2D eigenvalue weighted by molar-refractivity contribution is 0.0998. The molecule has 2 heterocycles. The highest BCUT2D eigenvalue weighted by Gasteiger charge is 2.09. The van der Waals surface area contributed by atoms with Crippen LogP contribution in [-0.4, -0.2) is 10.9 Å². The quantitative estimate of drug-likeness (QED) is 0.618. The van der Waals surface area contributed by atoms with Crippen LogP contribution in [0.15, 0.2) is 22.9 Å². The number of nitrogens with two attached hydrogens (primary N) is 1.